The molecule has 2 aromatic carbocycles. The predicted molar refractivity (Wildman–Crippen MR) is 122 cm³/mol. The van der Waals surface area contributed by atoms with Crippen molar-refractivity contribution >= 4 is 52.1 Å². The van der Waals surface area contributed by atoms with Crippen LogP contribution in [0.15, 0.2) is 46.9 Å². The molecule has 0 aliphatic rings. The van der Waals surface area contributed by atoms with E-state index in [1.54, 1.807) is 12.1 Å². The molecule has 3 aromatic rings. The normalized spacial score (nSPS) is 10.6. The molecule has 1 amide bonds. The van der Waals surface area contributed by atoms with Crippen LogP contribution in [-0.2, 0) is 6.61 Å². The first-order chi connectivity index (χ1) is 14.3. The number of nitrogens with one attached hydrogen (secondary N) is 2. The molecule has 0 aliphatic carbocycles. The molecule has 0 atom stereocenters. The van der Waals surface area contributed by atoms with Crippen LogP contribution in [0, 0.1) is 6.92 Å². The van der Waals surface area contributed by atoms with E-state index in [-0.39, 0.29) is 27.3 Å². The largest absolute Gasteiger partial charge is 0.494 e. The maximum Gasteiger partial charge on any atom is 0.257 e. The monoisotopic (exact) mass is 464 g/mol. The number of thiocarbonyl (C=S) groups is 1. The number of carbonyl (C=O) groups excluding carboxylic acids is 1. The van der Waals surface area contributed by atoms with Crippen LogP contribution in [0.4, 0.5) is 5.69 Å². The lowest BCUT2D eigenvalue weighted by Crippen LogP contribution is -2.34. The zero-order valence-electron chi connectivity index (χ0n) is 16.1. The van der Waals surface area contributed by atoms with E-state index in [4.69, 9.17) is 49.7 Å². The van der Waals surface area contributed by atoms with Crippen molar-refractivity contribution in [2.24, 2.45) is 0 Å². The molecule has 0 fully saturated rings. The van der Waals surface area contributed by atoms with E-state index in [9.17, 15) is 4.79 Å². The average Bonchev–Trinajstić information content (AvgIpc) is 3.18. The molecule has 0 unspecified atom stereocenters. The van der Waals surface area contributed by atoms with Crippen molar-refractivity contribution in [2.75, 3.05) is 12.4 Å². The van der Waals surface area contributed by atoms with Crippen LogP contribution in [-0.4, -0.2) is 23.2 Å². The summed E-state index contributed by atoms with van der Waals surface area (Å²) in [4.78, 5) is 12.5. The summed E-state index contributed by atoms with van der Waals surface area (Å²) in [5.74, 6) is 0.913. The van der Waals surface area contributed by atoms with Crippen LogP contribution in [0.1, 0.15) is 21.7 Å². The lowest BCUT2D eigenvalue weighted by atomic mass is 10.1. The van der Waals surface area contributed by atoms with Crippen LogP contribution in [0.25, 0.3) is 11.3 Å². The minimum Gasteiger partial charge on any atom is -0.494 e. The standard InChI is InChI=1S/C21H18Cl2N2O4S/c1-11-3-4-12(18-6-5-14(10-26)29-18)9-17(11)24-21(30)25-20(27)13-7-15(22)19(28-2)16(23)8-13/h3-9,26H,10H2,1-2H3,(H2,24,25,27,30). The predicted octanol–water partition coefficient (Wildman–Crippen LogP) is 5.19. The Morgan fingerprint density at radius 1 is 1.17 bits per heavy atom. The van der Waals surface area contributed by atoms with Crippen molar-refractivity contribution in [3.63, 3.8) is 0 Å². The highest BCUT2D eigenvalue weighted by Gasteiger charge is 2.15. The highest BCUT2D eigenvalue weighted by atomic mass is 35.5. The van der Waals surface area contributed by atoms with Gasteiger partial charge in [0.15, 0.2) is 10.9 Å². The van der Waals surface area contributed by atoms with E-state index >= 15 is 0 Å². The summed E-state index contributed by atoms with van der Waals surface area (Å²) in [6.07, 6.45) is 0. The van der Waals surface area contributed by atoms with Gasteiger partial charge in [0.1, 0.15) is 18.1 Å². The Bertz CT molecular complexity index is 1090. The van der Waals surface area contributed by atoms with E-state index < -0.39 is 5.91 Å². The number of hydrogen-bond donors (Lipinski definition) is 3. The van der Waals surface area contributed by atoms with E-state index in [0.717, 1.165) is 11.1 Å². The van der Waals surface area contributed by atoms with Gasteiger partial charge in [-0.05, 0) is 55.0 Å². The number of anilines is 1. The number of rotatable bonds is 5. The van der Waals surface area contributed by atoms with Crippen LogP contribution in [0.3, 0.4) is 0 Å². The molecule has 0 saturated heterocycles. The average molecular weight is 465 g/mol. The number of furan rings is 1. The topological polar surface area (TPSA) is 83.7 Å². The second kappa shape index (κ2) is 9.49. The highest BCUT2D eigenvalue weighted by molar-refractivity contribution is 7.80. The number of amides is 1. The molecule has 6 nitrogen and oxygen atoms in total. The van der Waals surface area contributed by atoms with Gasteiger partial charge in [0.2, 0.25) is 0 Å². The van der Waals surface area contributed by atoms with Crippen LogP contribution in [0.5, 0.6) is 5.75 Å². The van der Waals surface area contributed by atoms with Crippen LogP contribution >= 0.6 is 35.4 Å². The Labute approximate surface area is 188 Å². The molecular weight excluding hydrogens is 447 g/mol. The van der Waals surface area contributed by atoms with Gasteiger partial charge >= 0.3 is 0 Å². The van der Waals surface area contributed by atoms with Gasteiger partial charge in [-0.3, -0.25) is 10.1 Å². The number of benzene rings is 2. The molecule has 0 aliphatic heterocycles. The molecular formula is C21H18Cl2N2O4S. The molecule has 0 bridgehead atoms. The number of methoxy groups -OCH3 is 1. The Hall–Kier alpha value is -2.58. The minimum atomic E-state index is -0.466. The number of carbonyl (C=O) groups is 1. The first-order valence-electron chi connectivity index (χ1n) is 8.78. The fraction of sp³-hybridized carbons (Fsp3) is 0.143. The fourth-order valence-corrected chi connectivity index (χ4v) is 3.59. The number of aryl methyl sites for hydroxylation is 1. The van der Waals surface area contributed by atoms with E-state index in [1.165, 1.54) is 19.2 Å². The zero-order chi connectivity index (χ0) is 21.8. The summed E-state index contributed by atoms with van der Waals surface area (Å²) < 4.78 is 10.7. The molecule has 0 spiro atoms. The van der Waals surface area contributed by atoms with Crippen molar-refractivity contribution in [2.45, 2.75) is 13.5 Å². The third-order valence-electron chi connectivity index (χ3n) is 4.28. The molecule has 1 aromatic heterocycles. The number of aliphatic hydroxyl groups excluding tert-OH is 1. The van der Waals surface area contributed by atoms with Crippen molar-refractivity contribution < 1.29 is 19.1 Å². The summed E-state index contributed by atoms with van der Waals surface area (Å²) in [7, 11) is 1.44. The minimum absolute atomic E-state index is 0.110. The lowest BCUT2D eigenvalue weighted by molar-refractivity contribution is 0.0977. The van der Waals surface area contributed by atoms with Crippen molar-refractivity contribution in [3.8, 4) is 17.1 Å². The summed E-state index contributed by atoms with van der Waals surface area (Å²) >= 11 is 17.5. The van der Waals surface area contributed by atoms with E-state index in [1.807, 2.05) is 25.1 Å². The van der Waals surface area contributed by atoms with E-state index in [2.05, 4.69) is 10.6 Å². The summed E-state index contributed by atoms with van der Waals surface area (Å²) in [5, 5.41) is 15.3. The van der Waals surface area contributed by atoms with Crippen LogP contribution in [0.2, 0.25) is 10.0 Å². The number of ether oxygens (including phenoxy) is 1. The zero-order valence-corrected chi connectivity index (χ0v) is 18.4. The summed E-state index contributed by atoms with van der Waals surface area (Å²) in [6.45, 7) is 1.73. The molecule has 3 N–H and O–H groups in total. The molecule has 1 heterocycles. The smallest absolute Gasteiger partial charge is 0.257 e. The van der Waals surface area contributed by atoms with Gasteiger partial charge in [0.25, 0.3) is 5.91 Å². The maximum absolute atomic E-state index is 12.5. The third kappa shape index (κ3) is 4.94. The molecule has 0 saturated carbocycles. The second-order valence-electron chi connectivity index (χ2n) is 6.34. The van der Waals surface area contributed by atoms with Crippen molar-refractivity contribution in [1.29, 1.82) is 0 Å². The number of halogens is 2. The molecule has 0 radical (unpaired) electrons. The molecule has 9 heteroatoms. The number of aliphatic hydroxyl groups is 1. The maximum atomic E-state index is 12.5. The van der Waals surface area contributed by atoms with Gasteiger partial charge in [-0.1, -0.05) is 35.3 Å². The second-order valence-corrected chi connectivity index (χ2v) is 7.56. The number of hydrogen-bond acceptors (Lipinski definition) is 5. The van der Waals surface area contributed by atoms with Crippen LogP contribution < -0.4 is 15.4 Å². The van der Waals surface area contributed by atoms with Gasteiger partial charge in [-0.2, -0.15) is 0 Å². The lowest BCUT2D eigenvalue weighted by Gasteiger charge is -2.13. The van der Waals surface area contributed by atoms with Crippen molar-refractivity contribution in [3.05, 3.63) is 69.4 Å². The Kier molecular flexibility index (Phi) is 6.99. The van der Waals surface area contributed by atoms with Gasteiger partial charge in [0.05, 0.1) is 17.2 Å². The van der Waals surface area contributed by atoms with Gasteiger partial charge in [-0.15, -0.1) is 0 Å². The third-order valence-corrected chi connectivity index (χ3v) is 5.05. The Balaban J connectivity index is 1.74. The summed E-state index contributed by atoms with van der Waals surface area (Å²) in [5.41, 5.74) is 2.66. The van der Waals surface area contributed by atoms with Crippen molar-refractivity contribution in [1.82, 2.24) is 5.32 Å². The molecule has 30 heavy (non-hydrogen) atoms. The van der Waals surface area contributed by atoms with Gasteiger partial charge in [0, 0.05) is 16.8 Å². The van der Waals surface area contributed by atoms with Gasteiger partial charge in [-0.25, -0.2) is 0 Å². The SMILES string of the molecule is COc1c(Cl)cc(C(=O)NC(=S)Nc2cc(-c3ccc(CO)o3)ccc2C)cc1Cl. The van der Waals surface area contributed by atoms with Gasteiger partial charge < -0.3 is 19.6 Å². The quantitative estimate of drug-likeness (QED) is 0.450. The Morgan fingerprint density at radius 3 is 2.47 bits per heavy atom. The molecule has 3 rings (SSSR count). The fourth-order valence-electron chi connectivity index (χ4n) is 2.74. The molecule has 156 valence electrons. The first-order valence-corrected chi connectivity index (χ1v) is 9.94. The highest BCUT2D eigenvalue weighted by Crippen LogP contribution is 2.33. The first kappa shape index (κ1) is 22.1. The Morgan fingerprint density at radius 2 is 1.87 bits per heavy atom. The summed E-state index contributed by atoms with van der Waals surface area (Å²) in [6, 6.07) is 12.0. The van der Waals surface area contributed by atoms with E-state index in [0.29, 0.717) is 23.0 Å².